The lowest BCUT2D eigenvalue weighted by atomic mass is 9.87. The maximum Gasteiger partial charge on any atom is 0.0110 e. The van der Waals surface area contributed by atoms with Crippen molar-refractivity contribution in [3.8, 4) is 0 Å². The second-order valence-corrected chi connectivity index (χ2v) is 3.83. The van der Waals surface area contributed by atoms with E-state index in [4.69, 9.17) is 5.73 Å². The molecule has 0 radical (unpaired) electrons. The first-order chi connectivity index (χ1) is 5.25. The average molecular weight is 156 g/mol. The van der Waals surface area contributed by atoms with Crippen LogP contribution in [0.5, 0.6) is 0 Å². The van der Waals surface area contributed by atoms with Crippen molar-refractivity contribution in [3.63, 3.8) is 0 Å². The van der Waals surface area contributed by atoms with Crippen LogP contribution in [0.25, 0.3) is 0 Å². The number of hydrogen-bond donors (Lipinski definition) is 2. The molecule has 1 saturated heterocycles. The van der Waals surface area contributed by atoms with E-state index in [0.29, 0.717) is 6.04 Å². The molecule has 1 aliphatic rings. The predicted octanol–water partition coefficient (Wildman–Crippen LogP) is 0.969. The van der Waals surface area contributed by atoms with Crippen LogP contribution < -0.4 is 11.1 Å². The molecule has 2 nitrogen and oxygen atoms in total. The van der Waals surface area contributed by atoms with E-state index in [9.17, 15) is 0 Å². The second-order valence-electron chi connectivity index (χ2n) is 3.83. The van der Waals surface area contributed by atoms with E-state index in [1.165, 1.54) is 13.0 Å². The third-order valence-electron chi connectivity index (χ3n) is 2.73. The Hall–Kier alpha value is -0.0800. The third kappa shape index (κ3) is 2.17. The molecule has 1 aliphatic heterocycles. The first-order valence-corrected chi connectivity index (χ1v) is 4.69. The molecule has 2 atom stereocenters. The Morgan fingerprint density at radius 1 is 1.55 bits per heavy atom. The molecule has 3 N–H and O–H groups in total. The molecule has 0 aromatic heterocycles. The van der Waals surface area contributed by atoms with Crippen LogP contribution >= 0.6 is 0 Å². The molecule has 0 amide bonds. The highest BCUT2D eigenvalue weighted by Gasteiger charge is 2.27. The molecule has 0 bridgehead atoms. The van der Waals surface area contributed by atoms with Crippen LogP contribution in [0.4, 0.5) is 0 Å². The Labute approximate surface area is 69.5 Å². The molecule has 1 fully saturated rings. The largest absolute Gasteiger partial charge is 0.330 e. The van der Waals surface area contributed by atoms with Gasteiger partial charge in [-0.2, -0.15) is 0 Å². The van der Waals surface area contributed by atoms with Crippen molar-refractivity contribution in [3.05, 3.63) is 0 Å². The van der Waals surface area contributed by atoms with E-state index >= 15 is 0 Å². The maximum atomic E-state index is 5.53. The number of nitrogens with two attached hydrogens (primary N) is 1. The molecular formula is C9H20N2. The molecule has 0 aromatic carbocycles. The normalized spacial score (nSPS) is 31.6. The Bertz CT molecular complexity index is 112. The monoisotopic (exact) mass is 156 g/mol. The van der Waals surface area contributed by atoms with Gasteiger partial charge in [0, 0.05) is 6.04 Å². The summed E-state index contributed by atoms with van der Waals surface area (Å²) in [6, 6.07) is 0.694. The van der Waals surface area contributed by atoms with E-state index in [0.717, 1.165) is 24.8 Å². The van der Waals surface area contributed by atoms with E-state index < -0.39 is 0 Å². The first-order valence-electron chi connectivity index (χ1n) is 4.69. The van der Waals surface area contributed by atoms with Crippen molar-refractivity contribution in [2.45, 2.75) is 32.7 Å². The van der Waals surface area contributed by atoms with Crippen LogP contribution in [0.15, 0.2) is 0 Å². The molecule has 1 rings (SSSR count). The Balaban J connectivity index is 2.37. The summed E-state index contributed by atoms with van der Waals surface area (Å²) >= 11 is 0. The second kappa shape index (κ2) is 4.07. The fourth-order valence-corrected chi connectivity index (χ4v) is 2.08. The SMILES string of the molecule is CC(C)C1CCNC1CCN. The summed E-state index contributed by atoms with van der Waals surface area (Å²) in [5, 5.41) is 3.51. The van der Waals surface area contributed by atoms with Crippen LogP contribution in [0, 0.1) is 11.8 Å². The third-order valence-corrected chi connectivity index (χ3v) is 2.73. The van der Waals surface area contributed by atoms with E-state index in [-0.39, 0.29) is 0 Å². The summed E-state index contributed by atoms with van der Waals surface area (Å²) in [6.07, 6.45) is 2.48. The van der Waals surface area contributed by atoms with Gasteiger partial charge in [0.15, 0.2) is 0 Å². The topological polar surface area (TPSA) is 38.0 Å². The smallest absolute Gasteiger partial charge is 0.0110 e. The van der Waals surface area contributed by atoms with Gasteiger partial charge in [0.1, 0.15) is 0 Å². The van der Waals surface area contributed by atoms with Gasteiger partial charge in [-0.1, -0.05) is 13.8 Å². The fourth-order valence-electron chi connectivity index (χ4n) is 2.08. The van der Waals surface area contributed by atoms with Gasteiger partial charge in [0.25, 0.3) is 0 Å². The predicted molar refractivity (Wildman–Crippen MR) is 48.4 cm³/mol. The summed E-state index contributed by atoms with van der Waals surface area (Å²) in [4.78, 5) is 0. The number of nitrogens with one attached hydrogen (secondary N) is 1. The molecule has 11 heavy (non-hydrogen) atoms. The van der Waals surface area contributed by atoms with Gasteiger partial charge >= 0.3 is 0 Å². The molecular weight excluding hydrogens is 136 g/mol. The highest BCUT2D eigenvalue weighted by Crippen LogP contribution is 2.25. The lowest BCUT2D eigenvalue weighted by molar-refractivity contribution is 0.331. The Kier molecular flexibility index (Phi) is 3.34. The van der Waals surface area contributed by atoms with E-state index in [2.05, 4.69) is 19.2 Å². The minimum Gasteiger partial charge on any atom is -0.330 e. The van der Waals surface area contributed by atoms with Crippen molar-refractivity contribution >= 4 is 0 Å². The van der Waals surface area contributed by atoms with Crippen molar-refractivity contribution in [2.24, 2.45) is 17.6 Å². The first kappa shape index (κ1) is 9.01. The number of hydrogen-bond acceptors (Lipinski definition) is 2. The minimum atomic E-state index is 0.694. The summed E-state index contributed by atoms with van der Waals surface area (Å²) in [7, 11) is 0. The summed E-state index contributed by atoms with van der Waals surface area (Å²) < 4.78 is 0. The van der Waals surface area contributed by atoms with Crippen molar-refractivity contribution < 1.29 is 0 Å². The Morgan fingerprint density at radius 2 is 2.27 bits per heavy atom. The zero-order valence-electron chi connectivity index (χ0n) is 7.64. The van der Waals surface area contributed by atoms with Crippen LogP contribution in [-0.2, 0) is 0 Å². The lowest BCUT2D eigenvalue weighted by Crippen LogP contribution is -2.31. The van der Waals surface area contributed by atoms with Gasteiger partial charge in [-0.3, -0.25) is 0 Å². The van der Waals surface area contributed by atoms with Gasteiger partial charge in [-0.05, 0) is 37.8 Å². The van der Waals surface area contributed by atoms with Crippen molar-refractivity contribution in [1.82, 2.24) is 5.32 Å². The molecule has 1 heterocycles. The standard InChI is InChI=1S/C9H20N2/c1-7(2)8-4-6-11-9(8)3-5-10/h7-9,11H,3-6,10H2,1-2H3. The summed E-state index contributed by atoms with van der Waals surface area (Å²) in [6.45, 7) is 6.62. The molecule has 2 heteroatoms. The highest BCUT2D eigenvalue weighted by atomic mass is 15.0. The molecule has 66 valence electrons. The van der Waals surface area contributed by atoms with E-state index in [1.54, 1.807) is 0 Å². The van der Waals surface area contributed by atoms with Gasteiger partial charge in [-0.15, -0.1) is 0 Å². The maximum absolute atomic E-state index is 5.53. The van der Waals surface area contributed by atoms with Gasteiger partial charge in [0.05, 0.1) is 0 Å². The van der Waals surface area contributed by atoms with Crippen LogP contribution in [-0.4, -0.2) is 19.1 Å². The van der Waals surface area contributed by atoms with Gasteiger partial charge in [-0.25, -0.2) is 0 Å². The van der Waals surface area contributed by atoms with Crippen molar-refractivity contribution in [2.75, 3.05) is 13.1 Å². The summed E-state index contributed by atoms with van der Waals surface area (Å²) in [5.41, 5.74) is 5.53. The molecule has 2 unspecified atom stereocenters. The number of rotatable bonds is 3. The fraction of sp³-hybridized carbons (Fsp3) is 1.00. The van der Waals surface area contributed by atoms with Crippen LogP contribution in [0.3, 0.4) is 0 Å². The molecule has 0 saturated carbocycles. The van der Waals surface area contributed by atoms with Crippen LogP contribution in [0.1, 0.15) is 26.7 Å². The Morgan fingerprint density at radius 3 is 2.82 bits per heavy atom. The molecule has 0 aromatic rings. The summed E-state index contributed by atoms with van der Waals surface area (Å²) in [5.74, 6) is 1.67. The lowest BCUT2D eigenvalue weighted by Gasteiger charge is -2.21. The van der Waals surface area contributed by atoms with Gasteiger partial charge < -0.3 is 11.1 Å². The minimum absolute atomic E-state index is 0.694. The zero-order chi connectivity index (χ0) is 8.27. The van der Waals surface area contributed by atoms with Crippen molar-refractivity contribution in [1.29, 1.82) is 0 Å². The quantitative estimate of drug-likeness (QED) is 0.639. The highest BCUT2D eigenvalue weighted by molar-refractivity contribution is 4.85. The average Bonchev–Trinajstić information content (AvgIpc) is 2.36. The molecule has 0 aliphatic carbocycles. The van der Waals surface area contributed by atoms with Gasteiger partial charge in [0.2, 0.25) is 0 Å². The van der Waals surface area contributed by atoms with E-state index in [1.807, 2.05) is 0 Å². The zero-order valence-corrected chi connectivity index (χ0v) is 7.64. The molecule has 0 spiro atoms. The van der Waals surface area contributed by atoms with Crippen LogP contribution in [0.2, 0.25) is 0 Å².